The van der Waals surface area contributed by atoms with Crippen LogP contribution in [0.1, 0.15) is 0 Å². The number of carbonyl (C=O) groups excluding carboxylic acids is 1. The van der Waals surface area contributed by atoms with Gasteiger partial charge in [-0.25, -0.2) is 9.18 Å². The number of aromatic amines is 1. The van der Waals surface area contributed by atoms with Crippen LogP contribution < -0.4 is 10.2 Å². The summed E-state index contributed by atoms with van der Waals surface area (Å²) in [4.78, 5) is 20.6. The second-order valence-electron chi connectivity index (χ2n) is 6.25. The van der Waals surface area contributed by atoms with Crippen LogP contribution >= 0.6 is 0 Å². The maximum atomic E-state index is 13.0. The van der Waals surface area contributed by atoms with Crippen molar-refractivity contribution < 1.29 is 9.18 Å². The van der Waals surface area contributed by atoms with Crippen molar-refractivity contribution >= 4 is 17.7 Å². The van der Waals surface area contributed by atoms with Crippen molar-refractivity contribution in [2.75, 3.05) is 36.4 Å². The first-order valence-electron chi connectivity index (χ1n) is 8.73. The summed E-state index contributed by atoms with van der Waals surface area (Å²) >= 11 is 0. The van der Waals surface area contributed by atoms with Gasteiger partial charge in [0.15, 0.2) is 5.82 Å². The summed E-state index contributed by atoms with van der Waals surface area (Å²) in [5.41, 5.74) is 1.86. The Morgan fingerprint density at radius 3 is 2.41 bits per heavy atom. The molecule has 1 fully saturated rings. The topological polar surface area (TPSA) is 77.1 Å². The summed E-state index contributed by atoms with van der Waals surface area (Å²) in [5, 5.41) is 9.62. The second-order valence-corrected chi connectivity index (χ2v) is 6.25. The molecule has 138 valence electrons. The van der Waals surface area contributed by atoms with Gasteiger partial charge in [-0.1, -0.05) is 30.3 Å². The van der Waals surface area contributed by atoms with Gasteiger partial charge >= 0.3 is 6.03 Å². The summed E-state index contributed by atoms with van der Waals surface area (Å²) in [6.07, 6.45) is 0. The lowest BCUT2D eigenvalue weighted by atomic mass is 10.2. The van der Waals surface area contributed by atoms with Crippen LogP contribution in [0.15, 0.2) is 54.6 Å². The first kappa shape index (κ1) is 17.0. The third kappa shape index (κ3) is 3.89. The molecule has 27 heavy (non-hydrogen) atoms. The van der Waals surface area contributed by atoms with E-state index in [1.807, 2.05) is 30.3 Å². The number of H-pyrrole nitrogens is 1. The Morgan fingerprint density at radius 2 is 1.70 bits per heavy atom. The number of piperazine rings is 1. The molecule has 2 amide bonds. The fourth-order valence-electron chi connectivity index (χ4n) is 3.04. The van der Waals surface area contributed by atoms with Crippen molar-refractivity contribution in [3.05, 3.63) is 60.4 Å². The molecule has 2 heterocycles. The standard InChI is InChI=1S/C19H19FN6O/c20-15-6-8-16(9-7-15)25-10-12-26(13-11-25)19(27)22-18-21-17(23-24-18)14-4-2-1-3-5-14/h1-9H,10-13H2,(H2,21,22,23,24,27). The molecule has 0 spiro atoms. The zero-order valence-corrected chi connectivity index (χ0v) is 14.6. The number of benzene rings is 2. The van der Waals surface area contributed by atoms with E-state index in [4.69, 9.17) is 0 Å². The van der Waals surface area contributed by atoms with Gasteiger partial charge in [-0.05, 0) is 24.3 Å². The first-order valence-corrected chi connectivity index (χ1v) is 8.73. The number of anilines is 2. The Bertz CT molecular complexity index is 903. The molecule has 0 unspecified atom stereocenters. The lowest BCUT2D eigenvalue weighted by molar-refractivity contribution is 0.208. The van der Waals surface area contributed by atoms with E-state index in [0.717, 1.165) is 11.3 Å². The molecule has 0 atom stereocenters. The number of halogens is 1. The Labute approximate surface area is 155 Å². The van der Waals surface area contributed by atoms with Crippen molar-refractivity contribution in [1.82, 2.24) is 20.1 Å². The number of nitrogens with one attached hydrogen (secondary N) is 2. The fraction of sp³-hybridized carbons (Fsp3) is 0.211. The third-order valence-corrected chi connectivity index (χ3v) is 4.51. The molecule has 2 N–H and O–H groups in total. The van der Waals surface area contributed by atoms with Gasteiger partial charge < -0.3 is 9.80 Å². The Balaban J connectivity index is 1.33. The summed E-state index contributed by atoms with van der Waals surface area (Å²) in [7, 11) is 0. The molecule has 0 saturated carbocycles. The molecular weight excluding hydrogens is 347 g/mol. The number of carbonyl (C=O) groups is 1. The van der Waals surface area contributed by atoms with Crippen LogP contribution in [0.2, 0.25) is 0 Å². The van der Waals surface area contributed by atoms with Crippen LogP contribution in [0.4, 0.5) is 20.8 Å². The molecule has 4 rings (SSSR count). The van der Waals surface area contributed by atoms with Crippen LogP contribution in [0.3, 0.4) is 0 Å². The molecular formula is C19H19FN6O. The van der Waals surface area contributed by atoms with Gasteiger partial charge in [0.25, 0.3) is 0 Å². The lowest BCUT2D eigenvalue weighted by Gasteiger charge is -2.35. The lowest BCUT2D eigenvalue weighted by Crippen LogP contribution is -2.50. The van der Waals surface area contributed by atoms with E-state index in [0.29, 0.717) is 32.0 Å². The molecule has 0 bridgehead atoms. The average molecular weight is 366 g/mol. The second kappa shape index (κ2) is 7.45. The summed E-state index contributed by atoms with van der Waals surface area (Å²) in [5.74, 6) is 0.602. The molecule has 1 aromatic heterocycles. The molecule has 1 aliphatic heterocycles. The molecule has 3 aromatic rings. The number of rotatable bonds is 3. The van der Waals surface area contributed by atoms with E-state index >= 15 is 0 Å². The Kier molecular flexibility index (Phi) is 4.69. The molecule has 0 aliphatic carbocycles. The van der Waals surface area contributed by atoms with E-state index in [-0.39, 0.29) is 17.8 Å². The average Bonchev–Trinajstić information content (AvgIpc) is 3.18. The summed E-state index contributed by atoms with van der Waals surface area (Å²) in [6.45, 7) is 2.50. The van der Waals surface area contributed by atoms with E-state index < -0.39 is 0 Å². The minimum Gasteiger partial charge on any atom is -0.368 e. The number of nitrogens with zero attached hydrogens (tertiary/aromatic N) is 4. The minimum atomic E-state index is -0.252. The first-order chi connectivity index (χ1) is 13.2. The van der Waals surface area contributed by atoms with Crippen molar-refractivity contribution in [3.8, 4) is 11.4 Å². The highest BCUT2D eigenvalue weighted by molar-refractivity contribution is 5.87. The highest BCUT2D eigenvalue weighted by Crippen LogP contribution is 2.18. The maximum Gasteiger partial charge on any atom is 0.324 e. The zero-order chi connectivity index (χ0) is 18.6. The van der Waals surface area contributed by atoms with Crippen LogP contribution in [0.25, 0.3) is 11.4 Å². The zero-order valence-electron chi connectivity index (χ0n) is 14.6. The minimum absolute atomic E-state index is 0.229. The molecule has 0 radical (unpaired) electrons. The Morgan fingerprint density at radius 1 is 1.00 bits per heavy atom. The molecule has 2 aromatic carbocycles. The number of amides is 2. The number of hydrogen-bond acceptors (Lipinski definition) is 4. The van der Waals surface area contributed by atoms with Crippen LogP contribution in [-0.2, 0) is 0 Å². The van der Waals surface area contributed by atoms with Gasteiger partial charge in [0.1, 0.15) is 5.82 Å². The largest absolute Gasteiger partial charge is 0.368 e. The Hall–Kier alpha value is -3.42. The van der Waals surface area contributed by atoms with Crippen molar-refractivity contribution in [1.29, 1.82) is 0 Å². The van der Waals surface area contributed by atoms with E-state index in [1.54, 1.807) is 17.0 Å². The molecule has 1 saturated heterocycles. The third-order valence-electron chi connectivity index (χ3n) is 4.51. The summed E-state index contributed by atoms with van der Waals surface area (Å²) in [6, 6.07) is 15.8. The molecule has 7 nitrogen and oxygen atoms in total. The highest BCUT2D eigenvalue weighted by Gasteiger charge is 2.22. The predicted octanol–water partition coefficient (Wildman–Crippen LogP) is 2.96. The number of hydrogen-bond donors (Lipinski definition) is 2. The highest BCUT2D eigenvalue weighted by atomic mass is 19.1. The van der Waals surface area contributed by atoms with E-state index in [1.165, 1.54) is 12.1 Å². The quantitative estimate of drug-likeness (QED) is 0.747. The van der Waals surface area contributed by atoms with Gasteiger partial charge in [0, 0.05) is 37.4 Å². The van der Waals surface area contributed by atoms with Crippen LogP contribution in [0, 0.1) is 5.82 Å². The van der Waals surface area contributed by atoms with Gasteiger partial charge in [0.05, 0.1) is 0 Å². The van der Waals surface area contributed by atoms with Gasteiger partial charge in [0.2, 0.25) is 5.95 Å². The smallest absolute Gasteiger partial charge is 0.324 e. The van der Waals surface area contributed by atoms with Gasteiger partial charge in [-0.3, -0.25) is 10.4 Å². The molecule has 1 aliphatic rings. The van der Waals surface area contributed by atoms with Crippen molar-refractivity contribution in [2.45, 2.75) is 0 Å². The van der Waals surface area contributed by atoms with Crippen molar-refractivity contribution in [3.63, 3.8) is 0 Å². The number of urea groups is 1. The van der Waals surface area contributed by atoms with Gasteiger partial charge in [-0.2, -0.15) is 4.98 Å². The predicted molar refractivity (Wildman–Crippen MR) is 101 cm³/mol. The van der Waals surface area contributed by atoms with Crippen LogP contribution in [0.5, 0.6) is 0 Å². The number of aromatic nitrogens is 3. The summed E-state index contributed by atoms with van der Waals surface area (Å²) < 4.78 is 13.0. The molecule has 8 heteroatoms. The van der Waals surface area contributed by atoms with E-state index in [9.17, 15) is 9.18 Å². The van der Waals surface area contributed by atoms with Crippen LogP contribution in [-0.4, -0.2) is 52.3 Å². The van der Waals surface area contributed by atoms with Gasteiger partial charge in [-0.15, -0.1) is 5.10 Å². The monoisotopic (exact) mass is 366 g/mol. The van der Waals surface area contributed by atoms with Crippen molar-refractivity contribution in [2.24, 2.45) is 0 Å². The fourth-order valence-corrected chi connectivity index (χ4v) is 3.04. The maximum absolute atomic E-state index is 13.0. The SMILES string of the molecule is O=C(Nc1n[nH]c(-c2ccccc2)n1)N1CCN(c2ccc(F)cc2)CC1. The van der Waals surface area contributed by atoms with E-state index in [2.05, 4.69) is 25.4 Å². The normalized spacial score (nSPS) is 14.3.